The van der Waals surface area contributed by atoms with Crippen LogP contribution in [0.1, 0.15) is 38.2 Å². The standard InChI is InChI=1S/C12H15Br2Cl/c1-3-4-11(14)8(2)10-6-5-9(13)7-12(10)15/h5-8,11H,3-4H2,1-2H3. The third-order valence-electron chi connectivity index (χ3n) is 2.56. The predicted molar refractivity (Wildman–Crippen MR) is 75.2 cm³/mol. The van der Waals surface area contributed by atoms with Gasteiger partial charge in [0.1, 0.15) is 0 Å². The molecule has 1 rings (SSSR count). The van der Waals surface area contributed by atoms with Crippen LogP contribution in [0.5, 0.6) is 0 Å². The molecule has 0 N–H and O–H groups in total. The van der Waals surface area contributed by atoms with Crippen LogP contribution in [-0.2, 0) is 0 Å². The lowest BCUT2D eigenvalue weighted by atomic mass is 9.95. The zero-order chi connectivity index (χ0) is 11.4. The fraction of sp³-hybridized carbons (Fsp3) is 0.500. The van der Waals surface area contributed by atoms with Crippen LogP contribution in [0.25, 0.3) is 0 Å². The molecule has 0 saturated heterocycles. The second kappa shape index (κ2) is 6.27. The second-order valence-corrected chi connectivity index (χ2v) is 6.26. The van der Waals surface area contributed by atoms with Crippen molar-refractivity contribution in [1.82, 2.24) is 0 Å². The zero-order valence-corrected chi connectivity index (χ0v) is 12.9. The maximum Gasteiger partial charge on any atom is 0.0452 e. The molecule has 0 fully saturated rings. The maximum atomic E-state index is 6.22. The van der Waals surface area contributed by atoms with E-state index >= 15 is 0 Å². The van der Waals surface area contributed by atoms with Gasteiger partial charge in [0, 0.05) is 14.3 Å². The minimum atomic E-state index is 0.450. The molecule has 0 bridgehead atoms. The largest absolute Gasteiger partial charge is 0.0884 e. The first kappa shape index (κ1) is 13.5. The quantitative estimate of drug-likeness (QED) is 0.602. The van der Waals surface area contributed by atoms with Crippen LogP contribution in [0.4, 0.5) is 0 Å². The molecule has 0 heterocycles. The monoisotopic (exact) mass is 352 g/mol. The molecule has 0 amide bonds. The number of rotatable bonds is 4. The highest BCUT2D eigenvalue weighted by molar-refractivity contribution is 9.10. The number of hydrogen-bond donors (Lipinski definition) is 0. The Morgan fingerprint density at radius 1 is 1.40 bits per heavy atom. The van der Waals surface area contributed by atoms with Crippen LogP contribution >= 0.6 is 43.5 Å². The number of alkyl halides is 1. The van der Waals surface area contributed by atoms with E-state index in [0.717, 1.165) is 9.50 Å². The van der Waals surface area contributed by atoms with Crippen LogP contribution in [0, 0.1) is 0 Å². The van der Waals surface area contributed by atoms with E-state index in [2.05, 4.69) is 51.8 Å². The van der Waals surface area contributed by atoms with Crippen molar-refractivity contribution in [3.8, 4) is 0 Å². The highest BCUT2D eigenvalue weighted by Crippen LogP contribution is 2.33. The Balaban J connectivity index is 2.86. The topological polar surface area (TPSA) is 0 Å². The molecular weight excluding hydrogens is 339 g/mol. The molecule has 3 heteroatoms. The molecule has 0 aliphatic heterocycles. The summed E-state index contributed by atoms with van der Waals surface area (Å²) in [6, 6.07) is 6.10. The van der Waals surface area contributed by atoms with Crippen molar-refractivity contribution >= 4 is 43.5 Å². The van der Waals surface area contributed by atoms with E-state index in [9.17, 15) is 0 Å². The Bertz CT molecular complexity index is 325. The summed E-state index contributed by atoms with van der Waals surface area (Å²) in [7, 11) is 0. The van der Waals surface area contributed by atoms with Crippen LogP contribution < -0.4 is 0 Å². The van der Waals surface area contributed by atoms with Gasteiger partial charge in [-0.3, -0.25) is 0 Å². The summed E-state index contributed by atoms with van der Waals surface area (Å²) >= 11 is 13.4. The molecule has 0 aliphatic rings. The van der Waals surface area contributed by atoms with Crippen molar-refractivity contribution in [1.29, 1.82) is 0 Å². The second-order valence-electron chi connectivity index (χ2n) is 3.76. The minimum Gasteiger partial charge on any atom is -0.0884 e. The smallest absolute Gasteiger partial charge is 0.0452 e. The molecule has 0 radical (unpaired) electrons. The van der Waals surface area contributed by atoms with Crippen LogP contribution in [0.15, 0.2) is 22.7 Å². The maximum absolute atomic E-state index is 6.22. The number of benzene rings is 1. The van der Waals surface area contributed by atoms with Gasteiger partial charge >= 0.3 is 0 Å². The molecule has 15 heavy (non-hydrogen) atoms. The molecule has 1 aromatic rings. The summed E-state index contributed by atoms with van der Waals surface area (Å²) in [6.45, 7) is 4.41. The van der Waals surface area contributed by atoms with Gasteiger partial charge in [-0.2, -0.15) is 0 Å². The van der Waals surface area contributed by atoms with Crippen molar-refractivity contribution in [2.24, 2.45) is 0 Å². The summed E-state index contributed by atoms with van der Waals surface area (Å²) in [4.78, 5) is 0.501. The third kappa shape index (κ3) is 3.76. The normalized spacial score (nSPS) is 15.0. The van der Waals surface area contributed by atoms with Crippen molar-refractivity contribution in [3.63, 3.8) is 0 Å². The summed E-state index contributed by atoms with van der Waals surface area (Å²) in [5.41, 5.74) is 1.22. The van der Waals surface area contributed by atoms with E-state index in [1.165, 1.54) is 18.4 Å². The highest BCUT2D eigenvalue weighted by Gasteiger charge is 2.17. The van der Waals surface area contributed by atoms with Crippen molar-refractivity contribution in [2.75, 3.05) is 0 Å². The van der Waals surface area contributed by atoms with Crippen LogP contribution in [0.2, 0.25) is 5.02 Å². The molecule has 2 atom stereocenters. The Kier molecular flexibility index (Phi) is 5.65. The molecular formula is C12H15Br2Cl. The first-order valence-corrected chi connectivity index (χ1v) is 7.24. The summed E-state index contributed by atoms with van der Waals surface area (Å²) < 4.78 is 1.03. The van der Waals surface area contributed by atoms with E-state index in [-0.39, 0.29) is 0 Å². The van der Waals surface area contributed by atoms with Gasteiger partial charge < -0.3 is 0 Å². The van der Waals surface area contributed by atoms with Gasteiger partial charge in [-0.1, -0.05) is 69.8 Å². The van der Waals surface area contributed by atoms with Gasteiger partial charge in [-0.25, -0.2) is 0 Å². The Morgan fingerprint density at radius 3 is 2.60 bits per heavy atom. The first-order chi connectivity index (χ1) is 7.06. The lowest BCUT2D eigenvalue weighted by molar-refractivity contribution is 0.651. The van der Waals surface area contributed by atoms with E-state index in [0.29, 0.717) is 10.7 Å². The summed E-state index contributed by atoms with van der Waals surface area (Å²) in [5.74, 6) is 0.450. The zero-order valence-electron chi connectivity index (χ0n) is 8.93. The highest BCUT2D eigenvalue weighted by atomic mass is 79.9. The Labute approximate surface area is 114 Å². The summed E-state index contributed by atoms with van der Waals surface area (Å²) in [6.07, 6.45) is 2.36. The van der Waals surface area contributed by atoms with E-state index in [4.69, 9.17) is 11.6 Å². The molecule has 0 nitrogen and oxygen atoms in total. The van der Waals surface area contributed by atoms with Gasteiger partial charge in [0.15, 0.2) is 0 Å². The van der Waals surface area contributed by atoms with E-state index < -0.39 is 0 Å². The fourth-order valence-corrected chi connectivity index (χ4v) is 3.18. The van der Waals surface area contributed by atoms with Crippen molar-refractivity contribution in [3.05, 3.63) is 33.3 Å². The van der Waals surface area contributed by atoms with Crippen LogP contribution in [-0.4, -0.2) is 4.83 Å². The molecule has 0 saturated carbocycles. The molecule has 84 valence electrons. The molecule has 0 spiro atoms. The molecule has 2 unspecified atom stereocenters. The SMILES string of the molecule is CCCC(Br)C(C)c1ccc(Br)cc1Cl. The van der Waals surface area contributed by atoms with Gasteiger partial charge in [0.25, 0.3) is 0 Å². The van der Waals surface area contributed by atoms with Gasteiger partial charge in [-0.05, 0) is 30.0 Å². The van der Waals surface area contributed by atoms with E-state index in [1.807, 2.05) is 12.1 Å². The first-order valence-electron chi connectivity index (χ1n) is 5.15. The predicted octanol–water partition coefficient (Wildman–Crippen LogP) is 5.77. The molecule has 0 aromatic heterocycles. The average Bonchev–Trinajstić information content (AvgIpc) is 2.17. The van der Waals surface area contributed by atoms with Crippen molar-refractivity contribution in [2.45, 2.75) is 37.4 Å². The number of halogens is 3. The lowest BCUT2D eigenvalue weighted by Crippen LogP contribution is -2.09. The number of hydrogen-bond acceptors (Lipinski definition) is 0. The minimum absolute atomic E-state index is 0.450. The van der Waals surface area contributed by atoms with Gasteiger partial charge in [0.05, 0.1) is 0 Å². The third-order valence-corrected chi connectivity index (χ3v) is 4.63. The lowest BCUT2D eigenvalue weighted by Gasteiger charge is -2.19. The van der Waals surface area contributed by atoms with E-state index in [1.54, 1.807) is 0 Å². The Hall–Kier alpha value is 0.470. The average molecular weight is 355 g/mol. The Morgan fingerprint density at radius 2 is 2.07 bits per heavy atom. The molecule has 1 aromatic carbocycles. The summed E-state index contributed by atoms with van der Waals surface area (Å²) in [5, 5.41) is 0.845. The molecule has 0 aliphatic carbocycles. The van der Waals surface area contributed by atoms with Crippen LogP contribution in [0.3, 0.4) is 0 Å². The van der Waals surface area contributed by atoms with Gasteiger partial charge in [-0.15, -0.1) is 0 Å². The fourth-order valence-electron chi connectivity index (χ4n) is 1.59. The van der Waals surface area contributed by atoms with Gasteiger partial charge in [0.2, 0.25) is 0 Å². The van der Waals surface area contributed by atoms with Crippen molar-refractivity contribution < 1.29 is 0 Å².